The molecule has 0 bridgehead atoms. The number of Topliss-reactive ketones (excluding diaryl/α,β-unsaturated/α-hetero) is 1. The number of benzene rings is 1. The number of hydrogen-bond donors (Lipinski definition) is 1. The molecular weight excluding hydrogens is 286 g/mol. The number of ketones is 1. The molecule has 1 heterocycles. The summed E-state index contributed by atoms with van der Waals surface area (Å²) in [5.41, 5.74) is 0.963. The normalized spacial score (nSPS) is 11.6. The van der Waals surface area contributed by atoms with Crippen molar-refractivity contribution in [1.29, 1.82) is 10.7 Å². The lowest BCUT2D eigenvalue weighted by molar-refractivity contribution is -0.117. The van der Waals surface area contributed by atoms with Crippen molar-refractivity contribution in [2.45, 2.75) is 12.1 Å². The highest BCUT2D eigenvalue weighted by Gasteiger charge is 2.21. The minimum absolute atomic E-state index is 0.0626. The summed E-state index contributed by atoms with van der Waals surface area (Å²) in [5.74, 6) is -1.19. The number of hydrogen-bond acceptors (Lipinski definition) is 6. The number of para-hydroxylation sites is 1. The van der Waals surface area contributed by atoms with Crippen LogP contribution in [0.25, 0.3) is 5.69 Å². The summed E-state index contributed by atoms with van der Waals surface area (Å²) in [6.07, 6.45) is 1.58. The number of nitriles is 1. The van der Waals surface area contributed by atoms with Crippen molar-refractivity contribution in [3.8, 4) is 11.8 Å². The predicted octanol–water partition coefficient (Wildman–Crippen LogP) is 2.11. The molecule has 0 aliphatic heterocycles. The predicted molar refractivity (Wildman–Crippen MR) is 79.6 cm³/mol. The molecule has 106 valence electrons. The number of carbonyl (C=O) groups is 1. The van der Waals surface area contributed by atoms with Gasteiger partial charge in [-0.2, -0.15) is 5.26 Å². The first-order valence-corrected chi connectivity index (χ1v) is 7.17. The summed E-state index contributed by atoms with van der Waals surface area (Å²) in [6.45, 7) is 1.46. The van der Waals surface area contributed by atoms with Crippen LogP contribution in [-0.2, 0) is 4.79 Å². The Kier molecular flexibility index (Phi) is 4.85. The Balaban J connectivity index is 2.09. The van der Waals surface area contributed by atoms with E-state index in [2.05, 4.69) is 10.2 Å². The van der Waals surface area contributed by atoms with Crippen LogP contribution in [0, 0.1) is 22.7 Å². The average Bonchev–Trinajstić information content (AvgIpc) is 2.95. The van der Waals surface area contributed by atoms with Gasteiger partial charge in [-0.25, -0.2) is 0 Å². The van der Waals surface area contributed by atoms with Gasteiger partial charge in [-0.15, -0.1) is 10.2 Å². The fraction of sp³-hybridized carbons (Fsp3) is 0.214. The lowest BCUT2D eigenvalue weighted by Gasteiger charge is -2.07. The maximum atomic E-state index is 11.9. The summed E-state index contributed by atoms with van der Waals surface area (Å²) >= 11 is 1.21. The maximum Gasteiger partial charge on any atom is 0.196 e. The van der Waals surface area contributed by atoms with Gasteiger partial charge in [0, 0.05) is 11.4 Å². The zero-order valence-electron chi connectivity index (χ0n) is 11.4. The monoisotopic (exact) mass is 299 g/mol. The van der Waals surface area contributed by atoms with E-state index in [1.54, 1.807) is 10.9 Å². The van der Waals surface area contributed by atoms with E-state index in [1.165, 1.54) is 18.7 Å². The molecule has 0 spiro atoms. The van der Waals surface area contributed by atoms with E-state index >= 15 is 0 Å². The summed E-state index contributed by atoms with van der Waals surface area (Å²) in [4.78, 5) is 11.9. The van der Waals surface area contributed by atoms with Crippen LogP contribution in [0.2, 0.25) is 0 Å². The second-order valence-corrected chi connectivity index (χ2v) is 5.26. The Hall–Kier alpha value is -2.46. The van der Waals surface area contributed by atoms with Gasteiger partial charge in [0.2, 0.25) is 0 Å². The van der Waals surface area contributed by atoms with E-state index < -0.39 is 5.92 Å². The summed E-state index contributed by atoms with van der Waals surface area (Å²) in [7, 11) is 0. The van der Waals surface area contributed by atoms with Crippen LogP contribution < -0.4 is 0 Å². The SMILES string of the molecule is CC(=N)C(C#N)C(=O)CSc1nncn1-c1ccccc1. The number of nitrogens with one attached hydrogen (secondary N) is 1. The zero-order valence-corrected chi connectivity index (χ0v) is 12.2. The van der Waals surface area contributed by atoms with Crippen molar-refractivity contribution in [2.75, 3.05) is 5.75 Å². The molecule has 0 amide bonds. The Morgan fingerprint density at radius 3 is 2.81 bits per heavy atom. The Morgan fingerprint density at radius 2 is 2.19 bits per heavy atom. The number of nitrogens with zero attached hydrogens (tertiary/aromatic N) is 4. The van der Waals surface area contributed by atoms with E-state index in [1.807, 2.05) is 36.4 Å². The average molecular weight is 299 g/mol. The summed E-state index contributed by atoms with van der Waals surface area (Å²) in [6, 6.07) is 11.4. The molecule has 1 aromatic heterocycles. The van der Waals surface area contributed by atoms with Crippen molar-refractivity contribution < 1.29 is 4.79 Å². The molecule has 1 N–H and O–H groups in total. The number of rotatable bonds is 6. The van der Waals surface area contributed by atoms with Crippen molar-refractivity contribution in [1.82, 2.24) is 14.8 Å². The molecule has 1 aromatic carbocycles. The van der Waals surface area contributed by atoms with Crippen LogP contribution in [0.4, 0.5) is 0 Å². The first kappa shape index (κ1) is 14.9. The van der Waals surface area contributed by atoms with Gasteiger partial charge in [0.15, 0.2) is 10.9 Å². The van der Waals surface area contributed by atoms with E-state index in [4.69, 9.17) is 10.7 Å². The standard InChI is InChI=1S/C14H13N5OS/c1-10(16)12(7-15)13(20)8-21-14-18-17-9-19(14)11-5-3-2-4-6-11/h2-6,9,12,16H,8H2,1H3. The molecule has 0 saturated carbocycles. The first-order chi connectivity index (χ1) is 10.1. The van der Waals surface area contributed by atoms with E-state index in [0.29, 0.717) is 5.16 Å². The smallest absolute Gasteiger partial charge is 0.196 e. The minimum atomic E-state index is -0.981. The molecule has 0 saturated heterocycles. The molecular formula is C14H13N5OS. The fourth-order valence-corrected chi connectivity index (χ4v) is 2.55. The third-order valence-electron chi connectivity index (χ3n) is 2.78. The molecule has 1 unspecified atom stereocenters. The first-order valence-electron chi connectivity index (χ1n) is 6.19. The highest BCUT2D eigenvalue weighted by molar-refractivity contribution is 7.99. The highest BCUT2D eigenvalue weighted by Crippen LogP contribution is 2.20. The van der Waals surface area contributed by atoms with Crippen molar-refractivity contribution >= 4 is 23.3 Å². The molecule has 21 heavy (non-hydrogen) atoms. The van der Waals surface area contributed by atoms with E-state index in [9.17, 15) is 4.79 Å². The lowest BCUT2D eigenvalue weighted by atomic mass is 10.0. The van der Waals surface area contributed by atoms with E-state index in [0.717, 1.165) is 5.69 Å². The van der Waals surface area contributed by atoms with Crippen LogP contribution in [0.3, 0.4) is 0 Å². The Morgan fingerprint density at radius 1 is 1.48 bits per heavy atom. The topological polar surface area (TPSA) is 95.4 Å². The molecule has 2 rings (SSSR count). The van der Waals surface area contributed by atoms with Gasteiger partial charge in [0.1, 0.15) is 12.2 Å². The maximum absolute atomic E-state index is 11.9. The Bertz CT molecular complexity index is 689. The van der Waals surface area contributed by atoms with Gasteiger partial charge in [0.25, 0.3) is 0 Å². The molecule has 0 radical (unpaired) electrons. The third-order valence-corrected chi connectivity index (χ3v) is 3.74. The van der Waals surface area contributed by atoms with Gasteiger partial charge in [-0.3, -0.25) is 9.36 Å². The third kappa shape index (κ3) is 3.55. The lowest BCUT2D eigenvalue weighted by Crippen LogP contribution is -2.21. The van der Waals surface area contributed by atoms with Gasteiger partial charge in [-0.1, -0.05) is 30.0 Å². The van der Waals surface area contributed by atoms with Crippen LogP contribution in [0.1, 0.15) is 6.92 Å². The summed E-state index contributed by atoms with van der Waals surface area (Å²) < 4.78 is 1.77. The number of thioether (sulfide) groups is 1. The van der Waals surface area contributed by atoms with Crippen LogP contribution >= 0.6 is 11.8 Å². The molecule has 0 aliphatic carbocycles. The second kappa shape index (κ2) is 6.81. The van der Waals surface area contributed by atoms with Crippen LogP contribution in [0.15, 0.2) is 41.8 Å². The Labute approximate surface area is 126 Å². The number of aromatic nitrogens is 3. The van der Waals surface area contributed by atoms with Crippen molar-refractivity contribution in [2.24, 2.45) is 5.92 Å². The fourth-order valence-electron chi connectivity index (χ4n) is 1.72. The van der Waals surface area contributed by atoms with Gasteiger partial charge in [0.05, 0.1) is 11.8 Å². The quantitative estimate of drug-likeness (QED) is 0.651. The highest BCUT2D eigenvalue weighted by atomic mass is 32.2. The molecule has 2 aromatic rings. The molecule has 0 aliphatic rings. The number of carbonyl (C=O) groups excluding carboxylic acids is 1. The summed E-state index contributed by atoms with van der Waals surface area (Å²) in [5, 5.41) is 24.7. The van der Waals surface area contributed by atoms with Crippen LogP contribution in [-0.4, -0.2) is 32.0 Å². The van der Waals surface area contributed by atoms with Gasteiger partial charge in [-0.05, 0) is 19.1 Å². The van der Waals surface area contributed by atoms with Crippen molar-refractivity contribution in [3.05, 3.63) is 36.7 Å². The second-order valence-electron chi connectivity index (χ2n) is 4.32. The van der Waals surface area contributed by atoms with Gasteiger partial charge >= 0.3 is 0 Å². The zero-order chi connectivity index (χ0) is 15.2. The van der Waals surface area contributed by atoms with E-state index in [-0.39, 0.29) is 17.2 Å². The molecule has 7 heteroatoms. The van der Waals surface area contributed by atoms with Crippen LogP contribution in [0.5, 0.6) is 0 Å². The molecule has 0 fully saturated rings. The largest absolute Gasteiger partial charge is 0.308 e. The van der Waals surface area contributed by atoms with Gasteiger partial charge < -0.3 is 5.41 Å². The molecule has 6 nitrogen and oxygen atoms in total. The minimum Gasteiger partial charge on any atom is -0.308 e. The molecule has 1 atom stereocenters. The van der Waals surface area contributed by atoms with Crippen molar-refractivity contribution in [3.63, 3.8) is 0 Å².